The molecular weight excluding hydrogens is 383 g/mol. The third kappa shape index (κ3) is 3.70. The molecule has 1 saturated heterocycles. The van der Waals surface area contributed by atoms with Crippen LogP contribution in [0.5, 0.6) is 0 Å². The number of hydrogen-bond acceptors (Lipinski definition) is 4. The van der Waals surface area contributed by atoms with E-state index in [1.54, 1.807) is 41.6 Å². The Bertz CT molecular complexity index is 989. The zero-order valence-corrected chi connectivity index (χ0v) is 15.6. The molecule has 0 aliphatic carbocycles. The highest BCUT2D eigenvalue weighted by Crippen LogP contribution is 2.36. The number of aromatic nitrogens is 2. The van der Waals surface area contributed by atoms with Gasteiger partial charge < -0.3 is 0 Å². The summed E-state index contributed by atoms with van der Waals surface area (Å²) < 4.78 is 0. The Morgan fingerprint density at radius 2 is 1.63 bits per heavy atom. The van der Waals surface area contributed by atoms with Crippen LogP contribution in [0.1, 0.15) is 18.0 Å². The monoisotopic (exact) mass is 396 g/mol. The van der Waals surface area contributed by atoms with E-state index in [-0.39, 0.29) is 11.9 Å². The summed E-state index contributed by atoms with van der Waals surface area (Å²) in [5, 5.41) is 0.760. The summed E-state index contributed by atoms with van der Waals surface area (Å²) in [5.41, 5.74) is 2.76. The summed E-state index contributed by atoms with van der Waals surface area (Å²) in [6.45, 7) is 0. The van der Waals surface area contributed by atoms with Crippen molar-refractivity contribution < 1.29 is 4.79 Å². The molecule has 1 aromatic carbocycles. The first-order chi connectivity index (χ1) is 13.1. The summed E-state index contributed by atoms with van der Waals surface area (Å²) >= 11 is 11.7. The minimum Gasteiger partial charge on any atom is -0.298 e. The van der Waals surface area contributed by atoms with Gasteiger partial charge in [0.25, 0.3) is 5.91 Å². The number of anilines is 1. The number of rotatable bonds is 3. The van der Waals surface area contributed by atoms with E-state index >= 15 is 0 Å². The maximum atomic E-state index is 13.1. The number of carbonyl (C=O) groups is 1. The summed E-state index contributed by atoms with van der Waals surface area (Å²) in [6, 6.07) is 16.5. The van der Waals surface area contributed by atoms with Crippen LogP contribution >= 0.6 is 23.2 Å². The van der Waals surface area contributed by atoms with Gasteiger partial charge in [0, 0.05) is 6.42 Å². The Labute approximate surface area is 166 Å². The number of hydrogen-bond donors (Lipinski definition) is 0. The Morgan fingerprint density at radius 1 is 0.926 bits per heavy atom. The zero-order chi connectivity index (χ0) is 18.8. The molecule has 1 atom stereocenters. The highest BCUT2D eigenvalue weighted by molar-refractivity contribution is 6.46. The number of pyridine rings is 2. The number of halogens is 2. The van der Waals surface area contributed by atoms with Gasteiger partial charge in [-0.25, -0.2) is 15.0 Å². The molecule has 27 heavy (non-hydrogen) atoms. The summed E-state index contributed by atoms with van der Waals surface area (Å²) in [7, 11) is 0. The van der Waals surface area contributed by atoms with Crippen molar-refractivity contribution in [1.82, 2.24) is 9.97 Å². The molecule has 1 amide bonds. The van der Waals surface area contributed by atoms with Gasteiger partial charge in [0.15, 0.2) is 0 Å². The molecule has 0 spiro atoms. The van der Waals surface area contributed by atoms with Crippen molar-refractivity contribution in [1.29, 1.82) is 0 Å². The summed E-state index contributed by atoms with van der Waals surface area (Å²) in [6.07, 6.45) is 3.63. The van der Waals surface area contributed by atoms with Crippen LogP contribution in [0.3, 0.4) is 0 Å². The standard InChI is InChI=1S/C20H14Cl2N4O/c21-18-8-6-14(11-23-18)25-16-10-17(13-4-2-1-3-5-13)26(20(16)27)15-7-9-19(22)24-12-15/h1-9,11-12,17H,10H2/t17-/m0/s1. The van der Waals surface area contributed by atoms with Gasteiger partial charge in [-0.3, -0.25) is 9.69 Å². The van der Waals surface area contributed by atoms with E-state index in [0.717, 1.165) is 5.56 Å². The predicted molar refractivity (Wildman–Crippen MR) is 107 cm³/mol. The first kappa shape index (κ1) is 17.6. The number of nitrogens with zero attached hydrogens (tertiary/aromatic N) is 4. The molecule has 3 aromatic rings. The lowest BCUT2D eigenvalue weighted by Crippen LogP contribution is -2.29. The molecule has 134 valence electrons. The van der Waals surface area contributed by atoms with Crippen LogP contribution in [0, 0.1) is 0 Å². The molecule has 1 aliphatic heterocycles. The Kier molecular flexibility index (Phi) is 4.88. The van der Waals surface area contributed by atoms with Crippen LogP contribution in [0.2, 0.25) is 10.3 Å². The molecular formula is C20H14Cl2N4O. The van der Waals surface area contributed by atoms with Gasteiger partial charge in [0.2, 0.25) is 0 Å². The van der Waals surface area contributed by atoms with Gasteiger partial charge in [0.05, 0.1) is 29.8 Å². The molecule has 4 rings (SSSR count). The van der Waals surface area contributed by atoms with E-state index < -0.39 is 0 Å². The van der Waals surface area contributed by atoms with Crippen molar-refractivity contribution in [2.75, 3.05) is 4.90 Å². The highest BCUT2D eigenvalue weighted by atomic mass is 35.5. The largest absolute Gasteiger partial charge is 0.298 e. The number of amides is 1. The van der Waals surface area contributed by atoms with Crippen LogP contribution in [0.25, 0.3) is 0 Å². The molecule has 2 aromatic heterocycles. The van der Waals surface area contributed by atoms with Crippen LogP contribution in [0.4, 0.5) is 11.4 Å². The summed E-state index contributed by atoms with van der Waals surface area (Å²) in [5.74, 6) is -0.164. The fourth-order valence-corrected chi connectivity index (χ4v) is 3.30. The first-order valence-electron chi connectivity index (χ1n) is 8.31. The van der Waals surface area contributed by atoms with E-state index in [4.69, 9.17) is 23.2 Å². The topological polar surface area (TPSA) is 58.5 Å². The molecule has 0 saturated carbocycles. The highest BCUT2D eigenvalue weighted by Gasteiger charge is 2.38. The lowest BCUT2D eigenvalue weighted by atomic mass is 10.0. The van der Waals surface area contributed by atoms with Crippen molar-refractivity contribution in [2.45, 2.75) is 12.5 Å². The third-order valence-corrected chi connectivity index (χ3v) is 4.76. The van der Waals surface area contributed by atoms with Gasteiger partial charge in [0.1, 0.15) is 16.0 Å². The van der Waals surface area contributed by atoms with Gasteiger partial charge in [-0.1, -0.05) is 53.5 Å². The second-order valence-electron chi connectivity index (χ2n) is 6.04. The van der Waals surface area contributed by atoms with Crippen molar-refractivity contribution in [3.63, 3.8) is 0 Å². The Morgan fingerprint density at radius 3 is 2.26 bits per heavy atom. The van der Waals surface area contributed by atoms with Crippen LogP contribution in [0.15, 0.2) is 72.0 Å². The molecule has 0 bridgehead atoms. The van der Waals surface area contributed by atoms with Crippen LogP contribution in [-0.2, 0) is 4.79 Å². The second kappa shape index (κ2) is 7.47. The molecule has 1 aliphatic rings. The maximum Gasteiger partial charge on any atom is 0.273 e. The lowest BCUT2D eigenvalue weighted by molar-refractivity contribution is -0.112. The van der Waals surface area contributed by atoms with Crippen molar-refractivity contribution >= 4 is 46.2 Å². The van der Waals surface area contributed by atoms with E-state index in [0.29, 0.717) is 33.8 Å². The predicted octanol–water partition coefficient (Wildman–Crippen LogP) is 5.03. The number of aliphatic imine (C=N–C) groups is 1. The number of carbonyl (C=O) groups excluding carboxylic acids is 1. The van der Waals surface area contributed by atoms with Crippen molar-refractivity contribution in [2.24, 2.45) is 4.99 Å². The van der Waals surface area contributed by atoms with E-state index in [1.165, 1.54) is 0 Å². The van der Waals surface area contributed by atoms with E-state index in [9.17, 15) is 4.79 Å². The van der Waals surface area contributed by atoms with Gasteiger partial charge in [-0.2, -0.15) is 0 Å². The summed E-state index contributed by atoms with van der Waals surface area (Å²) in [4.78, 5) is 27.5. The van der Waals surface area contributed by atoms with E-state index in [1.807, 2.05) is 30.3 Å². The Balaban J connectivity index is 1.75. The number of benzene rings is 1. The fourth-order valence-electron chi connectivity index (χ4n) is 3.08. The van der Waals surface area contributed by atoms with E-state index in [2.05, 4.69) is 15.0 Å². The average molecular weight is 397 g/mol. The van der Waals surface area contributed by atoms with Crippen molar-refractivity contribution in [3.05, 3.63) is 82.9 Å². The molecule has 7 heteroatoms. The lowest BCUT2D eigenvalue weighted by Gasteiger charge is -2.24. The fraction of sp³-hybridized carbons (Fsp3) is 0.100. The molecule has 0 radical (unpaired) electrons. The van der Waals surface area contributed by atoms with Gasteiger partial charge >= 0.3 is 0 Å². The van der Waals surface area contributed by atoms with Crippen LogP contribution < -0.4 is 4.90 Å². The molecule has 0 unspecified atom stereocenters. The minimum absolute atomic E-state index is 0.164. The average Bonchev–Trinajstić information content (AvgIpc) is 3.01. The molecule has 5 nitrogen and oxygen atoms in total. The smallest absolute Gasteiger partial charge is 0.273 e. The molecule has 3 heterocycles. The maximum absolute atomic E-state index is 13.1. The molecule has 0 N–H and O–H groups in total. The SMILES string of the molecule is O=C1C(=Nc2ccc(Cl)nc2)C[C@@H](c2ccccc2)N1c1ccc(Cl)nc1. The molecule has 1 fully saturated rings. The minimum atomic E-state index is -0.166. The van der Waals surface area contributed by atoms with Gasteiger partial charge in [-0.15, -0.1) is 0 Å². The van der Waals surface area contributed by atoms with Gasteiger partial charge in [-0.05, 0) is 29.8 Å². The normalized spacial score (nSPS) is 18.3. The quantitative estimate of drug-likeness (QED) is 0.583. The first-order valence-corrected chi connectivity index (χ1v) is 9.06. The van der Waals surface area contributed by atoms with Crippen LogP contribution in [-0.4, -0.2) is 21.6 Å². The second-order valence-corrected chi connectivity index (χ2v) is 6.82. The third-order valence-electron chi connectivity index (χ3n) is 4.31. The zero-order valence-electron chi connectivity index (χ0n) is 14.1. The Hall–Kier alpha value is -2.76. The van der Waals surface area contributed by atoms with Crippen molar-refractivity contribution in [3.8, 4) is 0 Å².